The minimum atomic E-state index is -1.32. The van der Waals surface area contributed by atoms with E-state index in [-0.39, 0.29) is 5.82 Å². The van der Waals surface area contributed by atoms with Crippen molar-refractivity contribution in [2.75, 3.05) is 5.73 Å². The average Bonchev–Trinajstić information content (AvgIpc) is 2.86. The van der Waals surface area contributed by atoms with Crippen LogP contribution in [0.5, 0.6) is 0 Å². The minimum absolute atomic E-state index is 0.215. The van der Waals surface area contributed by atoms with Crippen molar-refractivity contribution in [2.24, 2.45) is 0 Å². The van der Waals surface area contributed by atoms with Crippen LogP contribution < -0.4 is 5.73 Å². The van der Waals surface area contributed by atoms with E-state index in [0.717, 1.165) is 0 Å². The van der Waals surface area contributed by atoms with E-state index in [1.54, 1.807) is 6.92 Å². The molecule has 0 radical (unpaired) electrons. The summed E-state index contributed by atoms with van der Waals surface area (Å²) in [5, 5.41) is 29.6. The fourth-order valence-corrected chi connectivity index (χ4v) is 2.32. The van der Waals surface area contributed by atoms with Crippen LogP contribution >= 0.6 is 0 Å². The van der Waals surface area contributed by atoms with Gasteiger partial charge in [0.05, 0.1) is 12.4 Å². The molecule has 20 heavy (non-hydrogen) atoms. The van der Waals surface area contributed by atoms with Crippen molar-refractivity contribution in [3.63, 3.8) is 0 Å². The van der Waals surface area contributed by atoms with Gasteiger partial charge in [0.15, 0.2) is 17.7 Å². The molecule has 0 amide bonds. The minimum Gasteiger partial charge on any atom is -0.388 e. The highest BCUT2D eigenvalue weighted by Gasteiger charge is 2.43. The zero-order chi connectivity index (χ0) is 14.4. The van der Waals surface area contributed by atoms with Gasteiger partial charge in [-0.15, -0.1) is 0 Å². The Morgan fingerprint density at radius 3 is 2.65 bits per heavy atom. The molecule has 1 saturated heterocycles. The predicted octanol–water partition coefficient (Wildman–Crippen LogP) is -1.59. The first-order valence-corrected chi connectivity index (χ1v) is 6.13. The Hall–Kier alpha value is -1.81. The van der Waals surface area contributed by atoms with Gasteiger partial charge in [-0.05, 0) is 6.92 Å². The Labute approximate surface area is 113 Å². The molecule has 108 valence electrons. The van der Waals surface area contributed by atoms with Gasteiger partial charge in [0.1, 0.15) is 30.2 Å². The number of aliphatic hydroxyl groups excluding tert-OH is 3. The zero-order valence-corrected chi connectivity index (χ0v) is 10.7. The molecule has 5 N–H and O–H groups in total. The van der Waals surface area contributed by atoms with E-state index >= 15 is 0 Å². The van der Waals surface area contributed by atoms with Crippen LogP contribution in [0.1, 0.15) is 13.2 Å². The van der Waals surface area contributed by atoms with Crippen LogP contribution in [0.2, 0.25) is 0 Å². The predicted molar refractivity (Wildman–Crippen MR) is 67.3 cm³/mol. The quantitative estimate of drug-likeness (QED) is 0.490. The highest BCUT2D eigenvalue weighted by atomic mass is 16.5. The summed E-state index contributed by atoms with van der Waals surface area (Å²) in [6, 6.07) is 0. The Bertz CT molecular complexity index is 632. The molecule has 0 spiro atoms. The molecule has 3 heterocycles. The van der Waals surface area contributed by atoms with Gasteiger partial charge in [-0.1, -0.05) is 0 Å². The maximum atomic E-state index is 10.1. The van der Waals surface area contributed by atoms with E-state index in [4.69, 9.17) is 10.5 Å². The van der Waals surface area contributed by atoms with E-state index in [2.05, 4.69) is 15.0 Å². The van der Waals surface area contributed by atoms with Gasteiger partial charge in [0.25, 0.3) is 0 Å². The summed E-state index contributed by atoms with van der Waals surface area (Å²) in [6.45, 7) is 1.61. The number of nitrogens with two attached hydrogens (primary N) is 1. The second-order valence-corrected chi connectivity index (χ2v) is 4.79. The van der Waals surface area contributed by atoms with E-state index in [0.29, 0.717) is 11.2 Å². The Morgan fingerprint density at radius 1 is 1.15 bits per heavy atom. The third-order valence-electron chi connectivity index (χ3n) is 3.49. The summed E-state index contributed by atoms with van der Waals surface area (Å²) in [5.41, 5.74) is 6.46. The number of hydrogen-bond donors (Lipinski definition) is 4. The number of nitrogen functional groups attached to an aromatic ring is 1. The fraction of sp³-hybridized carbons (Fsp3) is 0.545. The summed E-state index contributed by atoms with van der Waals surface area (Å²) in [4.78, 5) is 12.0. The lowest BCUT2D eigenvalue weighted by atomic mass is 9.99. The van der Waals surface area contributed by atoms with Gasteiger partial charge in [0.2, 0.25) is 0 Å². The first kappa shape index (κ1) is 13.2. The van der Waals surface area contributed by atoms with Gasteiger partial charge >= 0.3 is 0 Å². The molecule has 0 saturated carbocycles. The normalized spacial score (nSPS) is 34.5. The molecule has 9 heteroatoms. The number of fused-ring (bicyclic) bond motifs is 1. The van der Waals surface area contributed by atoms with E-state index < -0.39 is 30.6 Å². The first-order chi connectivity index (χ1) is 9.50. The number of ether oxygens (including phenoxy) is 1. The molecule has 0 bridgehead atoms. The molecule has 2 aromatic heterocycles. The molecular weight excluding hydrogens is 266 g/mol. The summed E-state index contributed by atoms with van der Waals surface area (Å²) < 4.78 is 7.00. The molecule has 2 aromatic rings. The molecule has 1 aliphatic rings. The van der Waals surface area contributed by atoms with Crippen molar-refractivity contribution in [3.05, 3.63) is 12.7 Å². The lowest BCUT2D eigenvalue weighted by molar-refractivity contribution is -0.239. The third-order valence-corrected chi connectivity index (χ3v) is 3.49. The number of aliphatic hydroxyl groups is 3. The van der Waals surface area contributed by atoms with Gasteiger partial charge in [-0.3, -0.25) is 4.57 Å². The molecule has 0 aliphatic carbocycles. The van der Waals surface area contributed by atoms with Crippen molar-refractivity contribution in [1.82, 2.24) is 19.5 Å². The molecule has 0 aromatic carbocycles. The Morgan fingerprint density at radius 2 is 1.90 bits per heavy atom. The number of anilines is 1. The summed E-state index contributed by atoms with van der Waals surface area (Å²) in [7, 11) is 0. The Kier molecular flexibility index (Phi) is 3.05. The molecule has 3 rings (SSSR count). The van der Waals surface area contributed by atoms with Gasteiger partial charge in [0, 0.05) is 0 Å². The van der Waals surface area contributed by atoms with Crippen molar-refractivity contribution >= 4 is 17.0 Å². The maximum absolute atomic E-state index is 10.1. The third kappa shape index (κ3) is 1.83. The molecular formula is C11H15N5O4. The summed E-state index contributed by atoms with van der Waals surface area (Å²) >= 11 is 0. The van der Waals surface area contributed by atoms with E-state index in [1.807, 2.05) is 0 Å². The van der Waals surface area contributed by atoms with Crippen LogP contribution in [-0.2, 0) is 4.74 Å². The van der Waals surface area contributed by atoms with Crippen LogP contribution in [0.3, 0.4) is 0 Å². The second kappa shape index (κ2) is 4.63. The number of hydrogen-bond acceptors (Lipinski definition) is 8. The van der Waals surface area contributed by atoms with Gasteiger partial charge in [-0.2, -0.15) is 0 Å². The maximum Gasteiger partial charge on any atom is 0.167 e. The first-order valence-electron chi connectivity index (χ1n) is 6.13. The average molecular weight is 281 g/mol. The van der Waals surface area contributed by atoms with Crippen molar-refractivity contribution < 1.29 is 20.1 Å². The number of aromatic nitrogens is 4. The van der Waals surface area contributed by atoms with Crippen LogP contribution in [0.4, 0.5) is 5.82 Å². The smallest absolute Gasteiger partial charge is 0.167 e. The van der Waals surface area contributed by atoms with E-state index in [1.165, 1.54) is 17.2 Å². The highest BCUT2D eigenvalue weighted by molar-refractivity contribution is 5.81. The van der Waals surface area contributed by atoms with Crippen molar-refractivity contribution in [1.29, 1.82) is 0 Å². The number of imidazole rings is 1. The Balaban J connectivity index is 2.04. The van der Waals surface area contributed by atoms with E-state index in [9.17, 15) is 15.3 Å². The largest absolute Gasteiger partial charge is 0.388 e. The summed E-state index contributed by atoms with van der Waals surface area (Å²) in [6.07, 6.45) is -2.66. The molecule has 1 aliphatic heterocycles. The highest BCUT2D eigenvalue weighted by Crippen LogP contribution is 2.30. The monoisotopic (exact) mass is 281 g/mol. The van der Waals surface area contributed by atoms with Crippen molar-refractivity contribution in [3.8, 4) is 0 Å². The van der Waals surface area contributed by atoms with Crippen molar-refractivity contribution in [2.45, 2.75) is 37.6 Å². The molecule has 1 fully saturated rings. The number of rotatable bonds is 1. The lowest BCUT2D eigenvalue weighted by Gasteiger charge is -2.39. The fourth-order valence-electron chi connectivity index (χ4n) is 2.32. The van der Waals surface area contributed by atoms with Gasteiger partial charge < -0.3 is 25.8 Å². The molecule has 0 unspecified atom stereocenters. The molecule has 9 nitrogen and oxygen atoms in total. The van der Waals surface area contributed by atoms with Gasteiger partial charge in [-0.25, -0.2) is 15.0 Å². The summed E-state index contributed by atoms with van der Waals surface area (Å²) in [5.74, 6) is 0.215. The SMILES string of the molecule is C[C@@H]1O[C@H](n2cnc3c(N)ncnc32)[C@@H](O)[C@H](O)[C@@H]1O. The van der Waals surface area contributed by atoms with Crippen LogP contribution in [0.25, 0.3) is 11.2 Å². The topological polar surface area (TPSA) is 140 Å². The second-order valence-electron chi connectivity index (χ2n) is 4.79. The van der Waals surface area contributed by atoms with Crippen LogP contribution in [0, 0.1) is 0 Å². The van der Waals surface area contributed by atoms with Crippen LogP contribution in [0.15, 0.2) is 12.7 Å². The number of nitrogens with zero attached hydrogens (tertiary/aromatic N) is 4. The lowest BCUT2D eigenvalue weighted by Crippen LogP contribution is -2.54. The standard InChI is InChI=1S/C11H15N5O4/c1-4-6(17)7(18)8(19)11(20-4)16-3-15-5-9(12)13-2-14-10(5)16/h2-4,6-8,11,17-19H,1H3,(H2,12,13,14)/t4-,6+,7+,8-,11-/m0/s1. The molecule has 5 atom stereocenters. The zero-order valence-electron chi connectivity index (χ0n) is 10.7. The van der Waals surface area contributed by atoms with Crippen LogP contribution in [-0.4, -0.2) is 59.3 Å².